The van der Waals surface area contributed by atoms with Crippen LogP contribution < -0.4 is 0 Å². The molecule has 6 nitrogen and oxygen atoms in total. The molecule has 1 fully saturated rings. The molecule has 3 rings (SSSR count). The highest BCUT2D eigenvalue weighted by molar-refractivity contribution is 6.30. The number of carbonyl (C=O) groups excluding carboxylic acids is 2. The van der Waals surface area contributed by atoms with Gasteiger partial charge < -0.3 is 14.7 Å². The molecule has 0 radical (unpaired) electrons. The summed E-state index contributed by atoms with van der Waals surface area (Å²) in [4.78, 5) is 40.3. The van der Waals surface area contributed by atoms with E-state index in [0.717, 1.165) is 11.1 Å². The summed E-state index contributed by atoms with van der Waals surface area (Å²) in [5, 5.41) is 10.7. The van der Waals surface area contributed by atoms with Crippen LogP contribution >= 0.6 is 23.2 Å². The Labute approximate surface area is 209 Å². The summed E-state index contributed by atoms with van der Waals surface area (Å²) < 4.78 is 5.32. The summed E-state index contributed by atoms with van der Waals surface area (Å²) in [7, 11) is 0. The van der Waals surface area contributed by atoms with Crippen molar-refractivity contribution in [2.75, 3.05) is 6.61 Å². The predicted octanol–water partition coefficient (Wildman–Crippen LogP) is 5.87. The first-order chi connectivity index (χ1) is 16.1. The number of hydrogen-bond donors (Lipinski definition) is 1. The van der Waals surface area contributed by atoms with Crippen LogP contribution in [0.2, 0.25) is 10.0 Å². The third-order valence-electron chi connectivity index (χ3n) is 6.41. The predicted molar refractivity (Wildman–Crippen MR) is 131 cm³/mol. The van der Waals surface area contributed by atoms with Gasteiger partial charge in [-0.2, -0.15) is 0 Å². The molecule has 0 aromatic heterocycles. The number of piperidine rings is 1. The molecule has 1 N–H and O–H groups in total. The minimum atomic E-state index is -1.22. The standard InChI is InChI=1S/C26H29Cl2NO5/c1-4-21(24(32)34-5-2)29-23(16-9-11-18(27)12-10-16)20(17-7-6-8-19(28)13-17)14-26(3,25(29)33)15-22(30)31/h6-13,20-21,23H,4-5,14-15H2,1-3H3,(H,30,31). The number of aliphatic carboxylic acids is 1. The number of carboxylic acid groups (broad SMARTS) is 1. The number of nitrogens with zero attached hydrogens (tertiary/aromatic N) is 1. The van der Waals surface area contributed by atoms with Gasteiger partial charge in [-0.05, 0) is 55.2 Å². The second-order valence-corrected chi connectivity index (χ2v) is 9.75. The number of carboxylic acids is 1. The molecule has 1 saturated heterocycles. The average Bonchev–Trinajstić information content (AvgIpc) is 2.77. The van der Waals surface area contributed by atoms with Crippen molar-refractivity contribution in [1.29, 1.82) is 0 Å². The van der Waals surface area contributed by atoms with Crippen molar-refractivity contribution in [2.45, 2.75) is 58.0 Å². The van der Waals surface area contributed by atoms with Gasteiger partial charge in [0.1, 0.15) is 6.04 Å². The number of esters is 1. The van der Waals surface area contributed by atoms with Crippen LogP contribution in [0, 0.1) is 5.41 Å². The topological polar surface area (TPSA) is 83.9 Å². The van der Waals surface area contributed by atoms with Crippen molar-refractivity contribution in [3.05, 3.63) is 69.7 Å². The van der Waals surface area contributed by atoms with E-state index in [1.165, 1.54) is 0 Å². The van der Waals surface area contributed by atoms with Crippen LogP contribution in [0.5, 0.6) is 0 Å². The lowest BCUT2D eigenvalue weighted by molar-refractivity contribution is -0.169. The van der Waals surface area contributed by atoms with Gasteiger partial charge in [0.15, 0.2) is 0 Å². The minimum Gasteiger partial charge on any atom is -0.481 e. The molecule has 1 heterocycles. The van der Waals surface area contributed by atoms with E-state index in [9.17, 15) is 19.5 Å². The van der Waals surface area contributed by atoms with E-state index in [2.05, 4.69) is 0 Å². The van der Waals surface area contributed by atoms with Crippen LogP contribution in [0.15, 0.2) is 48.5 Å². The molecule has 0 aliphatic carbocycles. The Morgan fingerprint density at radius 3 is 2.35 bits per heavy atom. The molecule has 2 aromatic rings. The Morgan fingerprint density at radius 2 is 1.79 bits per heavy atom. The number of ether oxygens (including phenoxy) is 1. The van der Waals surface area contributed by atoms with Crippen LogP contribution in [0.3, 0.4) is 0 Å². The number of rotatable bonds is 8. The van der Waals surface area contributed by atoms with E-state index in [4.69, 9.17) is 27.9 Å². The lowest BCUT2D eigenvalue weighted by Crippen LogP contribution is -2.58. The first-order valence-electron chi connectivity index (χ1n) is 11.3. The van der Waals surface area contributed by atoms with Crippen molar-refractivity contribution in [1.82, 2.24) is 4.90 Å². The highest BCUT2D eigenvalue weighted by atomic mass is 35.5. The highest BCUT2D eigenvalue weighted by Gasteiger charge is 2.53. The van der Waals surface area contributed by atoms with Gasteiger partial charge >= 0.3 is 11.9 Å². The lowest BCUT2D eigenvalue weighted by Gasteiger charge is -2.51. The Balaban J connectivity index is 2.25. The van der Waals surface area contributed by atoms with Crippen LogP contribution in [0.4, 0.5) is 0 Å². The van der Waals surface area contributed by atoms with E-state index in [-0.39, 0.29) is 31.3 Å². The van der Waals surface area contributed by atoms with E-state index in [1.807, 2.05) is 37.3 Å². The maximum absolute atomic E-state index is 14.0. The van der Waals surface area contributed by atoms with Gasteiger partial charge in [0.25, 0.3) is 0 Å². The van der Waals surface area contributed by atoms with Gasteiger partial charge in [-0.3, -0.25) is 9.59 Å². The van der Waals surface area contributed by atoms with Crippen molar-refractivity contribution < 1.29 is 24.2 Å². The second-order valence-electron chi connectivity index (χ2n) is 8.88. The Hall–Kier alpha value is -2.57. The molecule has 4 atom stereocenters. The van der Waals surface area contributed by atoms with Gasteiger partial charge in [0, 0.05) is 16.0 Å². The molecule has 182 valence electrons. The second kappa shape index (κ2) is 10.8. The fourth-order valence-electron chi connectivity index (χ4n) is 4.94. The number of benzene rings is 2. The van der Waals surface area contributed by atoms with Gasteiger partial charge in [-0.15, -0.1) is 0 Å². The summed E-state index contributed by atoms with van der Waals surface area (Å²) in [5.41, 5.74) is 0.435. The summed E-state index contributed by atoms with van der Waals surface area (Å²) in [6.07, 6.45) is 0.244. The number of likely N-dealkylation sites (tertiary alicyclic amines) is 1. The zero-order chi connectivity index (χ0) is 25.0. The third-order valence-corrected chi connectivity index (χ3v) is 6.90. The molecular formula is C26H29Cl2NO5. The van der Waals surface area contributed by atoms with Crippen LogP contribution in [-0.2, 0) is 19.1 Å². The van der Waals surface area contributed by atoms with Gasteiger partial charge in [0.2, 0.25) is 5.91 Å². The third kappa shape index (κ3) is 5.39. The van der Waals surface area contributed by atoms with Gasteiger partial charge in [-0.1, -0.05) is 61.3 Å². The molecule has 34 heavy (non-hydrogen) atoms. The molecule has 1 amide bonds. The first kappa shape index (κ1) is 26.0. The Morgan fingerprint density at radius 1 is 1.12 bits per heavy atom. The maximum Gasteiger partial charge on any atom is 0.328 e. The zero-order valence-corrected chi connectivity index (χ0v) is 21.0. The smallest absolute Gasteiger partial charge is 0.328 e. The zero-order valence-electron chi connectivity index (χ0n) is 19.5. The summed E-state index contributed by atoms with van der Waals surface area (Å²) in [6, 6.07) is 13.1. The number of hydrogen-bond acceptors (Lipinski definition) is 4. The molecule has 4 unspecified atom stereocenters. The maximum atomic E-state index is 14.0. The fraction of sp³-hybridized carbons (Fsp3) is 0.423. The number of amides is 1. The van der Waals surface area contributed by atoms with Crippen LogP contribution in [0.1, 0.15) is 63.1 Å². The van der Waals surface area contributed by atoms with Crippen molar-refractivity contribution in [3.63, 3.8) is 0 Å². The summed E-state index contributed by atoms with van der Waals surface area (Å²) in [6.45, 7) is 5.35. The lowest BCUT2D eigenvalue weighted by atomic mass is 9.67. The molecule has 0 saturated carbocycles. The van der Waals surface area contributed by atoms with E-state index in [1.54, 1.807) is 36.9 Å². The molecule has 0 bridgehead atoms. The molecule has 1 aliphatic rings. The largest absolute Gasteiger partial charge is 0.481 e. The highest BCUT2D eigenvalue weighted by Crippen LogP contribution is 2.52. The number of carbonyl (C=O) groups is 3. The first-order valence-corrected chi connectivity index (χ1v) is 12.1. The molecular weight excluding hydrogens is 477 g/mol. The average molecular weight is 506 g/mol. The summed E-state index contributed by atoms with van der Waals surface area (Å²) >= 11 is 12.5. The Bertz CT molecular complexity index is 1060. The van der Waals surface area contributed by atoms with Crippen molar-refractivity contribution >= 4 is 41.0 Å². The molecule has 0 spiro atoms. The Kier molecular flexibility index (Phi) is 8.26. The quantitative estimate of drug-likeness (QED) is 0.453. The summed E-state index contributed by atoms with van der Waals surface area (Å²) in [5.74, 6) is -2.28. The normalized spacial score (nSPS) is 23.4. The van der Waals surface area contributed by atoms with Crippen molar-refractivity contribution in [2.24, 2.45) is 5.41 Å². The molecule has 8 heteroatoms. The minimum absolute atomic E-state index is 0.174. The van der Waals surface area contributed by atoms with Crippen molar-refractivity contribution in [3.8, 4) is 0 Å². The van der Waals surface area contributed by atoms with E-state index < -0.39 is 29.4 Å². The monoisotopic (exact) mass is 505 g/mol. The SMILES string of the molecule is CCOC(=O)C(CC)N1C(=O)C(C)(CC(=O)O)CC(c2cccc(Cl)c2)C1c1ccc(Cl)cc1. The fourth-order valence-corrected chi connectivity index (χ4v) is 5.26. The molecule has 2 aromatic carbocycles. The van der Waals surface area contributed by atoms with E-state index in [0.29, 0.717) is 16.5 Å². The molecule has 1 aliphatic heterocycles. The van der Waals surface area contributed by atoms with Gasteiger partial charge in [0.05, 0.1) is 24.5 Å². The van der Waals surface area contributed by atoms with Gasteiger partial charge in [-0.25, -0.2) is 4.79 Å². The van der Waals surface area contributed by atoms with E-state index >= 15 is 0 Å². The van der Waals surface area contributed by atoms with Crippen LogP contribution in [0.25, 0.3) is 0 Å². The number of halogens is 2. The van der Waals surface area contributed by atoms with Crippen LogP contribution in [-0.4, -0.2) is 40.5 Å².